The fourth-order valence-corrected chi connectivity index (χ4v) is 3.46. The minimum absolute atomic E-state index is 0.148. The van der Waals surface area contributed by atoms with Gasteiger partial charge in [-0.05, 0) is 49.3 Å². The standard InChI is InChI=1S/C19H19ClF3NO3/c20-17-14-7-13(12-2-3-12)8-15(19(21,22)23)18(14)27-16(17)4-1-11(9-25)5-6-24-10-26/h7-12H,1-6H2,(H,24,26). The molecule has 2 aromatic rings. The van der Waals surface area contributed by atoms with Crippen molar-refractivity contribution in [1.82, 2.24) is 5.32 Å². The number of amides is 1. The summed E-state index contributed by atoms with van der Waals surface area (Å²) in [4.78, 5) is 21.4. The molecule has 0 bridgehead atoms. The lowest BCUT2D eigenvalue weighted by atomic mass is 10.00. The van der Waals surface area contributed by atoms with Crippen molar-refractivity contribution in [3.05, 3.63) is 34.0 Å². The topological polar surface area (TPSA) is 59.3 Å². The Kier molecular flexibility index (Phi) is 5.79. The summed E-state index contributed by atoms with van der Waals surface area (Å²) in [5, 5.41) is 2.92. The number of rotatable bonds is 9. The summed E-state index contributed by atoms with van der Waals surface area (Å²) in [5.41, 5.74) is -0.427. The van der Waals surface area contributed by atoms with Gasteiger partial charge in [-0.3, -0.25) is 4.79 Å². The van der Waals surface area contributed by atoms with E-state index in [0.717, 1.165) is 25.2 Å². The third kappa shape index (κ3) is 4.46. The van der Waals surface area contributed by atoms with Gasteiger partial charge in [0.2, 0.25) is 6.41 Å². The summed E-state index contributed by atoms with van der Waals surface area (Å²) in [6, 6.07) is 2.84. The molecule has 1 fully saturated rings. The van der Waals surface area contributed by atoms with E-state index < -0.39 is 11.7 Å². The first-order chi connectivity index (χ1) is 12.8. The van der Waals surface area contributed by atoms with Crippen LogP contribution in [0.15, 0.2) is 16.5 Å². The number of halogens is 4. The van der Waals surface area contributed by atoms with Gasteiger partial charge in [0.1, 0.15) is 17.6 Å². The molecule has 0 saturated heterocycles. The number of aldehydes is 1. The molecule has 0 aliphatic heterocycles. The first-order valence-corrected chi connectivity index (χ1v) is 9.17. The fraction of sp³-hybridized carbons (Fsp3) is 0.474. The number of fused-ring (bicyclic) bond motifs is 1. The second kappa shape index (κ2) is 7.92. The summed E-state index contributed by atoms with van der Waals surface area (Å²) in [6.07, 6.45) is -0.396. The molecule has 0 radical (unpaired) electrons. The van der Waals surface area contributed by atoms with Gasteiger partial charge in [-0.25, -0.2) is 0 Å². The predicted molar refractivity (Wildman–Crippen MR) is 94.8 cm³/mol. The molecule has 1 N–H and O–H groups in total. The van der Waals surface area contributed by atoms with Crippen LogP contribution in [0.3, 0.4) is 0 Å². The molecule has 1 heterocycles. The average molecular weight is 402 g/mol. The van der Waals surface area contributed by atoms with Crippen molar-refractivity contribution in [3.8, 4) is 0 Å². The molecule has 1 aromatic carbocycles. The zero-order valence-electron chi connectivity index (χ0n) is 14.4. The predicted octanol–water partition coefficient (Wildman–Crippen LogP) is 4.87. The van der Waals surface area contributed by atoms with E-state index in [1.807, 2.05) is 0 Å². The van der Waals surface area contributed by atoms with Gasteiger partial charge in [0.25, 0.3) is 0 Å². The second-order valence-electron chi connectivity index (χ2n) is 6.85. The van der Waals surface area contributed by atoms with Gasteiger partial charge in [0.15, 0.2) is 0 Å². The highest BCUT2D eigenvalue weighted by molar-refractivity contribution is 6.36. The van der Waals surface area contributed by atoms with Crippen LogP contribution in [-0.4, -0.2) is 19.2 Å². The van der Waals surface area contributed by atoms with Crippen LogP contribution in [0, 0.1) is 5.92 Å². The number of carbonyl (C=O) groups excluding carboxylic acids is 2. The zero-order chi connectivity index (χ0) is 19.6. The highest BCUT2D eigenvalue weighted by atomic mass is 35.5. The molecule has 3 rings (SSSR count). The Labute approximate surface area is 159 Å². The molecule has 1 unspecified atom stereocenters. The third-order valence-corrected chi connectivity index (χ3v) is 5.26. The number of hydrogen-bond acceptors (Lipinski definition) is 3. The molecular formula is C19H19ClF3NO3. The Balaban J connectivity index is 1.87. The van der Waals surface area contributed by atoms with E-state index in [2.05, 4.69) is 5.32 Å². The van der Waals surface area contributed by atoms with E-state index in [0.29, 0.717) is 31.4 Å². The van der Waals surface area contributed by atoms with E-state index in [1.165, 1.54) is 0 Å². The normalized spacial score (nSPS) is 15.7. The lowest BCUT2D eigenvalue weighted by Gasteiger charge is -2.09. The Bertz CT molecular complexity index is 843. The van der Waals surface area contributed by atoms with Gasteiger partial charge in [-0.2, -0.15) is 13.2 Å². The zero-order valence-corrected chi connectivity index (χ0v) is 15.2. The molecule has 4 nitrogen and oxygen atoms in total. The summed E-state index contributed by atoms with van der Waals surface area (Å²) in [5.74, 6) is 0.0563. The van der Waals surface area contributed by atoms with Crippen LogP contribution in [0.4, 0.5) is 13.2 Å². The molecule has 1 aliphatic rings. The minimum atomic E-state index is -4.53. The molecule has 1 aromatic heterocycles. The monoisotopic (exact) mass is 401 g/mol. The quantitative estimate of drug-likeness (QED) is 0.482. The van der Waals surface area contributed by atoms with Crippen molar-refractivity contribution in [1.29, 1.82) is 0 Å². The van der Waals surface area contributed by atoms with Crippen molar-refractivity contribution in [2.24, 2.45) is 5.92 Å². The lowest BCUT2D eigenvalue weighted by Crippen LogP contribution is -2.17. The van der Waals surface area contributed by atoms with Gasteiger partial charge in [-0.15, -0.1) is 0 Å². The van der Waals surface area contributed by atoms with E-state index in [9.17, 15) is 22.8 Å². The molecule has 8 heteroatoms. The second-order valence-corrected chi connectivity index (χ2v) is 7.23. The minimum Gasteiger partial charge on any atom is -0.459 e. The first kappa shape index (κ1) is 19.7. The van der Waals surface area contributed by atoms with Gasteiger partial charge < -0.3 is 14.5 Å². The molecule has 1 saturated carbocycles. The summed E-state index contributed by atoms with van der Waals surface area (Å²) < 4.78 is 45.9. The van der Waals surface area contributed by atoms with Crippen LogP contribution in [-0.2, 0) is 22.2 Å². The Morgan fingerprint density at radius 2 is 2.00 bits per heavy atom. The summed E-state index contributed by atoms with van der Waals surface area (Å²) in [6.45, 7) is 0.351. The lowest BCUT2D eigenvalue weighted by molar-refractivity contribution is -0.136. The van der Waals surface area contributed by atoms with Crippen molar-refractivity contribution < 1.29 is 27.2 Å². The van der Waals surface area contributed by atoms with Gasteiger partial charge >= 0.3 is 6.18 Å². The van der Waals surface area contributed by atoms with Crippen LogP contribution in [0.5, 0.6) is 0 Å². The SMILES string of the molecule is O=CNCCC(C=O)CCc1oc2c(C(F)(F)F)cc(C3CC3)cc2c1Cl. The molecular weight excluding hydrogens is 383 g/mol. The smallest absolute Gasteiger partial charge is 0.420 e. The highest BCUT2D eigenvalue weighted by Gasteiger charge is 2.37. The van der Waals surface area contributed by atoms with Crippen LogP contribution < -0.4 is 5.32 Å². The third-order valence-electron chi connectivity index (χ3n) is 4.85. The molecule has 1 aliphatic carbocycles. The van der Waals surface area contributed by atoms with Crippen LogP contribution in [0.25, 0.3) is 11.0 Å². The van der Waals surface area contributed by atoms with Gasteiger partial charge in [0, 0.05) is 24.3 Å². The number of alkyl halides is 3. The molecule has 27 heavy (non-hydrogen) atoms. The number of nitrogens with one attached hydrogen (secondary N) is 1. The van der Waals surface area contributed by atoms with Crippen LogP contribution in [0.1, 0.15) is 48.5 Å². The number of carbonyl (C=O) groups is 2. The Hall–Kier alpha value is -2.02. The van der Waals surface area contributed by atoms with Crippen molar-refractivity contribution in [3.63, 3.8) is 0 Å². The number of aryl methyl sites for hydroxylation is 1. The maximum Gasteiger partial charge on any atom is 0.420 e. The first-order valence-electron chi connectivity index (χ1n) is 8.79. The number of benzene rings is 1. The molecule has 0 spiro atoms. The van der Waals surface area contributed by atoms with Crippen molar-refractivity contribution in [2.45, 2.75) is 44.2 Å². The van der Waals surface area contributed by atoms with Gasteiger partial charge in [-0.1, -0.05) is 11.6 Å². The van der Waals surface area contributed by atoms with E-state index >= 15 is 0 Å². The Morgan fingerprint density at radius 3 is 2.59 bits per heavy atom. The largest absolute Gasteiger partial charge is 0.459 e. The van der Waals surface area contributed by atoms with E-state index in [4.69, 9.17) is 16.0 Å². The molecule has 1 amide bonds. The Morgan fingerprint density at radius 1 is 1.26 bits per heavy atom. The summed E-state index contributed by atoms with van der Waals surface area (Å²) >= 11 is 6.32. The van der Waals surface area contributed by atoms with Crippen LogP contribution >= 0.6 is 11.6 Å². The van der Waals surface area contributed by atoms with E-state index in [-0.39, 0.29) is 40.0 Å². The highest BCUT2D eigenvalue weighted by Crippen LogP contribution is 2.46. The maximum absolute atomic E-state index is 13.5. The van der Waals surface area contributed by atoms with Crippen molar-refractivity contribution in [2.75, 3.05) is 6.54 Å². The van der Waals surface area contributed by atoms with Gasteiger partial charge in [0.05, 0.1) is 10.6 Å². The fourth-order valence-electron chi connectivity index (χ4n) is 3.19. The maximum atomic E-state index is 13.5. The van der Waals surface area contributed by atoms with Crippen molar-refractivity contribution >= 4 is 35.3 Å². The van der Waals surface area contributed by atoms with Crippen LogP contribution in [0.2, 0.25) is 5.02 Å². The summed E-state index contributed by atoms with van der Waals surface area (Å²) in [7, 11) is 0. The number of hydrogen-bond donors (Lipinski definition) is 1. The number of furan rings is 1. The molecule has 1 atom stereocenters. The average Bonchev–Trinajstić information content (AvgIpc) is 3.42. The van der Waals surface area contributed by atoms with E-state index in [1.54, 1.807) is 6.07 Å². The molecule has 146 valence electrons.